The summed E-state index contributed by atoms with van der Waals surface area (Å²) < 4.78 is 27.6. The van der Waals surface area contributed by atoms with Crippen molar-refractivity contribution in [3.8, 4) is 0 Å². The second-order valence-electron chi connectivity index (χ2n) is 2.77. The molecule has 2 heterocycles. The number of H-pyrrole nitrogens is 1. The molecule has 0 bridgehead atoms. The van der Waals surface area contributed by atoms with Crippen LogP contribution in [0.1, 0.15) is 9.67 Å². The van der Waals surface area contributed by atoms with Gasteiger partial charge in [-0.2, -0.15) is 18.2 Å². The minimum Gasteiger partial charge on any atom is -0.465 e. The Balaban J connectivity index is 0.000000191. The van der Waals surface area contributed by atoms with Gasteiger partial charge in [0.25, 0.3) is 0 Å². The third-order valence-corrected chi connectivity index (χ3v) is 2.76. The molecule has 0 aliphatic rings. The average Bonchev–Trinajstić information content (AvgIpc) is 3.01. The van der Waals surface area contributed by atoms with Crippen molar-refractivity contribution in [1.82, 2.24) is 14.9 Å². The van der Waals surface area contributed by atoms with Gasteiger partial charge in [0.15, 0.2) is 0 Å². The fourth-order valence-electron chi connectivity index (χ4n) is 0.868. The van der Waals surface area contributed by atoms with Crippen LogP contribution in [-0.4, -0.2) is 36.4 Å². The SMILES string of the molecule is COC(=O)c1cccs1.O=c1[nH]ncn1N=S(=O)=O. The molecule has 2 aromatic heterocycles. The number of carbonyl (C=O) groups is 1. The summed E-state index contributed by atoms with van der Waals surface area (Å²) in [5.41, 5.74) is -0.691. The monoisotopic (exact) mass is 304 g/mol. The molecule has 19 heavy (non-hydrogen) atoms. The predicted molar refractivity (Wildman–Crippen MR) is 65.3 cm³/mol. The summed E-state index contributed by atoms with van der Waals surface area (Å²) in [5, 5.41) is 7.04. The Kier molecular flexibility index (Phi) is 5.63. The second kappa shape index (κ2) is 7.23. The lowest BCUT2D eigenvalue weighted by atomic mass is 10.5. The topological polar surface area (TPSA) is 123 Å². The van der Waals surface area contributed by atoms with Crippen molar-refractivity contribution in [3.63, 3.8) is 0 Å². The van der Waals surface area contributed by atoms with E-state index >= 15 is 0 Å². The van der Waals surface area contributed by atoms with Crippen LogP contribution in [0.4, 0.5) is 0 Å². The number of rotatable bonds is 2. The maximum Gasteiger partial charge on any atom is 0.364 e. The molecule has 0 aromatic carbocycles. The van der Waals surface area contributed by atoms with Gasteiger partial charge in [-0.05, 0) is 15.9 Å². The van der Waals surface area contributed by atoms with E-state index in [2.05, 4.69) is 14.3 Å². The number of methoxy groups -OCH3 is 1. The summed E-state index contributed by atoms with van der Waals surface area (Å²) in [4.78, 5) is 21.7. The lowest BCUT2D eigenvalue weighted by Gasteiger charge is -1.90. The first-order valence-corrected chi connectivity index (χ1v) is 6.51. The lowest BCUT2D eigenvalue weighted by molar-refractivity contribution is 0.0606. The average molecular weight is 304 g/mol. The van der Waals surface area contributed by atoms with E-state index in [0.29, 0.717) is 9.55 Å². The zero-order valence-electron chi connectivity index (χ0n) is 9.51. The summed E-state index contributed by atoms with van der Waals surface area (Å²) in [5.74, 6) is -0.259. The van der Waals surface area contributed by atoms with Gasteiger partial charge in [-0.25, -0.2) is 14.7 Å². The number of nitrogens with one attached hydrogen (secondary N) is 1. The zero-order chi connectivity index (χ0) is 14.3. The number of hydrogen-bond acceptors (Lipinski definition) is 8. The first-order valence-electron chi connectivity index (χ1n) is 4.60. The largest absolute Gasteiger partial charge is 0.465 e. The van der Waals surface area contributed by atoms with E-state index in [-0.39, 0.29) is 5.97 Å². The van der Waals surface area contributed by atoms with Gasteiger partial charge in [0.2, 0.25) is 0 Å². The molecule has 102 valence electrons. The van der Waals surface area contributed by atoms with Crippen LogP contribution in [0.15, 0.2) is 33.1 Å². The van der Waals surface area contributed by atoms with Gasteiger partial charge in [-0.15, -0.1) is 11.3 Å². The second-order valence-corrected chi connectivity index (χ2v) is 4.32. The van der Waals surface area contributed by atoms with Crippen LogP contribution >= 0.6 is 11.3 Å². The molecule has 0 saturated heterocycles. The minimum atomic E-state index is -2.63. The first kappa shape index (κ1) is 14.8. The summed E-state index contributed by atoms with van der Waals surface area (Å²) in [6.45, 7) is 0. The van der Waals surface area contributed by atoms with Crippen molar-refractivity contribution in [2.24, 2.45) is 4.47 Å². The van der Waals surface area contributed by atoms with Crippen molar-refractivity contribution in [2.45, 2.75) is 0 Å². The van der Waals surface area contributed by atoms with E-state index in [1.807, 2.05) is 16.5 Å². The molecule has 0 aliphatic carbocycles. The maximum atomic E-state index is 10.7. The number of aromatic amines is 1. The highest BCUT2D eigenvalue weighted by molar-refractivity contribution is 7.61. The third kappa shape index (κ3) is 4.85. The standard InChI is InChI=1S/C6H6O2S.C2H2N4O3S/c1-8-6(7)5-3-2-4-9-5;7-2-4-3-1-6(2)5-10(8)9/h2-4H,1H3;1H,(H,4,7). The summed E-state index contributed by atoms with van der Waals surface area (Å²) in [6.07, 6.45) is 0.956. The van der Waals surface area contributed by atoms with E-state index in [0.717, 1.165) is 6.33 Å². The predicted octanol–water partition coefficient (Wildman–Crippen LogP) is -0.0681. The highest BCUT2D eigenvalue weighted by Crippen LogP contribution is 2.08. The van der Waals surface area contributed by atoms with Crippen molar-refractivity contribution in [2.75, 3.05) is 7.11 Å². The molecule has 0 radical (unpaired) electrons. The Morgan fingerprint density at radius 2 is 2.32 bits per heavy atom. The highest BCUT2D eigenvalue weighted by atomic mass is 32.2. The molecule has 0 saturated carbocycles. The number of carbonyl (C=O) groups excluding carboxylic acids is 1. The molecule has 9 nitrogen and oxygen atoms in total. The number of ether oxygens (including phenoxy) is 1. The van der Waals surface area contributed by atoms with E-state index < -0.39 is 16.2 Å². The van der Waals surface area contributed by atoms with Crippen LogP contribution in [0.5, 0.6) is 0 Å². The van der Waals surface area contributed by atoms with Gasteiger partial charge in [0.1, 0.15) is 11.2 Å². The van der Waals surface area contributed by atoms with Crippen LogP contribution in [-0.2, 0) is 15.2 Å². The molecule has 11 heteroatoms. The van der Waals surface area contributed by atoms with Crippen molar-refractivity contribution >= 4 is 27.8 Å². The first-order chi connectivity index (χ1) is 9.04. The lowest BCUT2D eigenvalue weighted by Crippen LogP contribution is -2.11. The molecular weight excluding hydrogens is 296 g/mol. The molecule has 0 aliphatic heterocycles. The molecule has 0 amide bonds. The summed E-state index contributed by atoms with van der Waals surface area (Å²) >= 11 is 1.38. The van der Waals surface area contributed by atoms with Crippen molar-refractivity contribution in [1.29, 1.82) is 0 Å². The van der Waals surface area contributed by atoms with Crippen molar-refractivity contribution < 1.29 is 17.9 Å². The number of nitrogens with zero attached hydrogens (tertiary/aromatic N) is 3. The Morgan fingerprint density at radius 3 is 2.74 bits per heavy atom. The number of hydrogen-bond donors (Lipinski definition) is 1. The van der Waals surface area contributed by atoms with Gasteiger partial charge in [-0.1, -0.05) is 6.07 Å². The van der Waals surface area contributed by atoms with Gasteiger partial charge in [-0.3, -0.25) is 0 Å². The zero-order valence-corrected chi connectivity index (χ0v) is 11.1. The Labute approximate surface area is 112 Å². The van der Waals surface area contributed by atoms with Crippen LogP contribution in [0.3, 0.4) is 0 Å². The summed E-state index contributed by atoms with van der Waals surface area (Å²) in [6, 6.07) is 3.55. The van der Waals surface area contributed by atoms with Crippen LogP contribution < -0.4 is 5.69 Å². The van der Waals surface area contributed by atoms with Crippen LogP contribution in [0, 0.1) is 0 Å². The third-order valence-electron chi connectivity index (χ3n) is 1.60. The molecular formula is C8H8N4O5S2. The van der Waals surface area contributed by atoms with E-state index in [9.17, 15) is 18.0 Å². The Morgan fingerprint density at radius 1 is 1.58 bits per heavy atom. The molecule has 2 rings (SSSR count). The van der Waals surface area contributed by atoms with Crippen LogP contribution in [0.2, 0.25) is 0 Å². The molecule has 0 fully saturated rings. The van der Waals surface area contributed by atoms with Gasteiger partial charge >= 0.3 is 22.2 Å². The Bertz CT molecular complexity index is 704. The molecule has 0 spiro atoms. The maximum absolute atomic E-state index is 10.7. The van der Waals surface area contributed by atoms with Crippen LogP contribution in [0.25, 0.3) is 0 Å². The van der Waals surface area contributed by atoms with Crippen molar-refractivity contribution in [3.05, 3.63) is 39.2 Å². The number of thiophene rings is 1. The molecule has 0 unspecified atom stereocenters. The van der Waals surface area contributed by atoms with Gasteiger partial charge in [0, 0.05) is 0 Å². The fourth-order valence-corrected chi connectivity index (χ4v) is 1.77. The molecule has 0 atom stereocenters. The molecule has 1 N–H and O–H groups in total. The van der Waals surface area contributed by atoms with E-state index in [4.69, 9.17) is 0 Å². The van der Waals surface area contributed by atoms with Gasteiger partial charge in [0.05, 0.1) is 7.11 Å². The highest BCUT2D eigenvalue weighted by Gasteiger charge is 2.03. The minimum absolute atomic E-state index is 0.259. The summed E-state index contributed by atoms with van der Waals surface area (Å²) in [7, 11) is -1.25. The normalized spacial score (nSPS) is 9.11. The smallest absolute Gasteiger partial charge is 0.364 e. The fraction of sp³-hybridized carbons (Fsp3) is 0.125. The Hall–Kier alpha value is -2.27. The molecule has 2 aromatic rings. The number of esters is 1. The van der Waals surface area contributed by atoms with Gasteiger partial charge < -0.3 is 4.74 Å². The quantitative estimate of drug-likeness (QED) is 0.775. The van der Waals surface area contributed by atoms with E-state index in [1.165, 1.54) is 18.4 Å². The number of aromatic nitrogens is 3. The van der Waals surface area contributed by atoms with E-state index in [1.54, 1.807) is 6.07 Å².